The molecule has 0 aliphatic heterocycles. The molecule has 0 atom stereocenters. The van der Waals surface area contributed by atoms with E-state index in [-0.39, 0.29) is 0 Å². The average molecular weight is 857 g/mol. The van der Waals surface area contributed by atoms with Gasteiger partial charge in [-0.25, -0.2) is 0 Å². The lowest BCUT2D eigenvalue weighted by Gasteiger charge is -1.41. The molecule has 0 aromatic heterocycles. The summed E-state index contributed by atoms with van der Waals surface area (Å²) in [6.07, 6.45) is 0. The molecule has 0 aliphatic carbocycles. The van der Waals surface area contributed by atoms with Gasteiger partial charge in [0.25, 0.3) is 0 Å². The molecule has 0 saturated carbocycles. The largest absolute Gasteiger partial charge is 0.0687 e. The molecule has 288 valence electrons. The van der Waals surface area contributed by atoms with Crippen LogP contribution in [0, 0.1) is 0 Å². The second-order valence-electron chi connectivity index (χ2n) is 8.73. The van der Waals surface area contributed by atoms with Gasteiger partial charge in [-0.1, -0.05) is 11.5 Å². The van der Waals surface area contributed by atoms with Gasteiger partial charge in [-0.2, -0.15) is 0 Å². The second-order valence-corrected chi connectivity index (χ2v) is 8.73. The van der Waals surface area contributed by atoms with Crippen LogP contribution in [0.25, 0.3) is 0 Å². The van der Waals surface area contributed by atoms with E-state index < -0.39 is 0 Å². The summed E-state index contributed by atoms with van der Waals surface area (Å²) in [4.78, 5) is 0. The van der Waals surface area contributed by atoms with E-state index >= 15 is 0 Å². The lowest BCUT2D eigenvalue weighted by molar-refractivity contribution is 2.10. The van der Waals surface area contributed by atoms with Crippen LogP contribution in [-0.2, 0) is 0 Å². The van der Waals surface area contributed by atoms with Crippen LogP contribution in [0.15, 0.2) is 409 Å². The molecular weight excluding hydrogens is 853 g/mol. The Hall–Kier alpha value is -15.4. The number of rotatable bonds is 0. The van der Waals surface area contributed by atoms with Gasteiger partial charge in [0.1, 0.15) is 0 Å². The molecule has 0 saturated heterocycles. The topological polar surface area (TPSA) is 0 Å². The maximum absolute atomic E-state index is 3.32. The number of hydrogen-bond acceptors (Lipinski definition) is 0. The van der Waals surface area contributed by atoms with Crippen molar-refractivity contribution in [2.45, 2.75) is 0 Å². The van der Waals surface area contributed by atoms with E-state index in [1.165, 1.54) is 0 Å². The standard InChI is InChI=1S/C71H4/c1-3-5-7-9-11-13-15-17-19-21-23-25-27-29-31-33-35-37-39-41-43-45-47-49-51-53-55-57-59-61-63-65-67-69-71-70-68-66-64-62-60-58-56-54-52-50-48-46-44-42-40-38-36-34-32-30-28-26-24-22-20-18-16-14-12-10-8-6-4-2/h1-2H2. The Balaban J connectivity index is 6.14. The van der Waals surface area contributed by atoms with Crippen LogP contribution in [0.5, 0.6) is 0 Å². The van der Waals surface area contributed by atoms with E-state index in [1.807, 2.05) is 0 Å². The fourth-order valence-electron chi connectivity index (χ4n) is 2.12. The van der Waals surface area contributed by atoms with Gasteiger partial charge in [-0.05, 0) is 105 Å². The van der Waals surface area contributed by atoms with E-state index in [9.17, 15) is 0 Å². The molecule has 0 aromatic carbocycles. The molecule has 0 fully saturated rings. The average Bonchev–Trinajstić information content (AvgIpc) is 3.38. The molecule has 0 rings (SSSR count). The molecular formula is C71H4. The molecule has 0 nitrogen and oxygen atoms in total. The summed E-state index contributed by atoms with van der Waals surface area (Å²) < 4.78 is 0. The highest BCUT2D eigenvalue weighted by Crippen LogP contribution is 1.63. The minimum Gasteiger partial charge on any atom is -0.0687 e. The van der Waals surface area contributed by atoms with E-state index in [0.717, 1.165) is 0 Å². The summed E-state index contributed by atoms with van der Waals surface area (Å²) in [7, 11) is 0. The smallest absolute Gasteiger partial charge is 0 e. The minimum atomic E-state index is 2.37. The summed E-state index contributed by atoms with van der Waals surface area (Å²) in [5.41, 5.74) is 172. The van der Waals surface area contributed by atoms with E-state index in [0.29, 0.717) is 0 Å². The molecule has 0 spiro atoms. The lowest BCUT2D eigenvalue weighted by Crippen LogP contribution is -1.26. The van der Waals surface area contributed by atoms with Gasteiger partial charge < -0.3 is 0 Å². The summed E-state index contributed by atoms with van der Waals surface area (Å²) in [6, 6.07) is 0. The molecule has 0 bridgehead atoms. The van der Waals surface area contributed by atoms with Crippen LogP contribution in [0.2, 0.25) is 0 Å². The van der Waals surface area contributed by atoms with Crippen molar-refractivity contribution in [2.24, 2.45) is 0 Å². The van der Waals surface area contributed by atoms with Crippen molar-refractivity contribution in [2.75, 3.05) is 0 Å². The van der Waals surface area contributed by atoms with Crippen LogP contribution < -0.4 is 0 Å². The van der Waals surface area contributed by atoms with Crippen molar-refractivity contribution < 1.29 is 0 Å². The Kier molecular flexibility index (Phi) is 42.7. The van der Waals surface area contributed by atoms with Gasteiger partial charge >= 0.3 is 0 Å². The van der Waals surface area contributed by atoms with Gasteiger partial charge in [0.2, 0.25) is 0 Å². The summed E-state index contributed by atoms with van der Waals surface area (Å²) in [5, 5.41) is 0. The molecule has 0 N–H and O–H groups in total. The monoisotopic (exact) mass is 856 g/mol. The normalized spacial score (nSPS) is 3.94. The Morgan fingerprint density at radius 1 is 0.0704 bits per heavy atom. The Morgan fingerprint density at radius 3 is 0.155 bits per heavy atom. The highest BCUT2D eigenvalue weighted by atomic mass is 13.5. The predicted octanol–water partition coefficient (Wildman–Crippen LogP) is 11.5. The third-order valence-electron chi connectivity index (χ3n) is 4.30. The third-order valence-corrected chi connectivity index (χ3v) is 4.30. The zero-order chi connectivity index (χ0) is 50.8. The van der Waals surface area contributed by atoms with Crippen molar-refractivity contribution >= 4 is 0 Å². The summed E-state index contributed by atoms with van der Waals surface area (Å²) >= 11 is 0. The summed E-state index contributed by atoms with van der Waals surface area (Å²) in [5.74, 6) is 0. The van der Waals surface area contributed by atoms with Crippen molar-refractivity contribution in [1.29, 1.82) is 0 Å². The van der Waals surface area contributed by atoms with Gasteiger partial charge in [-0.15, -0.1) is 0 Å². The quantitative estimate of drug-likeness (QED) is 0.213. The zero-order valence-corrected chi connectivity index (χ0v) is 35.9. The molecule has 0 radical (unpaired) electrons. The van der Waals surface area contributed by atoms with E-state index in [1.54, 1.807) is 0 Å². The zero-order valence-electron chi connectivity index (χ0n) is 35.9. The van der Waals surface area contributed by atoms with E-state index in [4.69, 9.17) is 0 Å². The maximum atomic E-state index is 3.32. The molecule has 71 heavy (non-hydrogen) atoms. The van der Waals surface area contributed by atoms with Crippen LogP contribution in [0.1, 0.15) is 0 Å². The van der Waals surface area contributed by atoms with Crippen molar-refractivity contribution in [1.82, 2.24) is 0 Å². The van der Waals surface area contributed by atoms with Gasteiger partial charge in [-0.3, -0.25) is 0 Å². The Labute approximate surface area is 406 Å². The molecule has 0 unspecified atom stereocenters. The van der Waals surface area contributed by atoms with Crippen LogP contribution in [0.4, 0.5) is 0 Å². The lowest BCUT2D eigenvalue weighted by atomic mass is 10.6. The molecule has 0 aliphatic rings. The van der Waals surface area contributed by atoms with Crippen LogP contribution in [0.3, 0.4) is 0 Å². The molecule has 0 amide bonds. The van der Waals surface area contributed by atoms with Gasteiger partial charge in [0.15, 0.2) is 0 Å². The third kappa shape index (κ3) is 54.6. The molecule has 0 heterocycles. The van der Waals surface area contributed by atoms with Crippen LogP contribution >= 0.6 is 0 Å². The SMILES string of the molecule is C=C=C=C=C=C=C=C=C=C=C=C=C=C=C=C=C=C=C=C=C=C=C=C=C=C=C=C=C=C=C=C=C=C=C=C=C=C=C=C=C=C=C=C=C=C=C=C=C=C=C=C=C=C=C=C=C=C=C=C=C=C=C=C=C=C=C=C=C=C=C. The summed E-state index contributed by atoms with van der Waals surface area (Å²) in [6.45, 7) is 6.63. The van der Waals surface area contributed by atoms with Gasteiger partial charge in [0, 0.05) is 292 Å². The minimum absolute atomic E-state index is 2.37. The molecule has 0 aromatic rings. The Morgan fingerprint density at radius 2 is 0.113 bits per heavy atom. The second kappa shape index (κ2) is 54.6. The van der Waals surface area contributed by atoms with Crippen molar-refractivity contribution in [3.63, 3.8) is 0 Å². The fraction of sp³-hybridized carbons (Fsp3) is 0. The maximum Gasteiger partial charge on any atom is 0 e. The first-order valence-electron chi connectivity index (χ1n) is 17.7. The first-order chi connectivity index (χ1) is 35.4. The first-order valence-corrected chi connectivity index (χ1v) is 17.7. The van der Waals surface area contributed by atoms with Crippen molar-refractivity contribution in [3.8, 4) is 0 Å². The van der Waals surface area contributed by atoms with E-state index in [2.05, 4.69) is 409 Å². The highest BCUT2D eigenvalue weighted by molar-refractivity contribution is 4.99. The predicted molar refractivity (Wildman–Crippen MR) is 254 cm³/mol. The fourth-order valence-corrected chi connectivity index (χ4v) is 2.12. The van der Waals surface area contributed by atoms with Crippen molar-refractivity contribution in [3.05, 3.63) is 409 Å². The van der Waals surface area contributed by atoms with Gasteiger partial charge in [0.05, 0.1) is 0 Å². The first kappa shape index (κ1) is 55.6. The Bertz CT molecular complexity index is 4940. The number of hydrogen-bond donors (Lipinski definition) is 0. The highest BCUT2D eigenvalue weighted by Gasteiger charge is 1.48. The molecule has 0 heteroatoms. The van der Waals surface area contributed by atoms with Crippen LogP contribution in [-0.4, -0.2) is 0 Å².